The van der Waals surface area contributed by atoms with Crippen molar-refractivity contribution < 1.29 is 0 Å². The average molecular weight is 248 g/mol. The topological polar surface area (TPSA) is 60.6 Å². The summed E-state index contributed by atoms with van der Waals surface area (Å²) in [6, 6.07) is 0. The molecule has 0 saturated heterocycles. The summed E-state index contributed by atoms with van der Waals surface area (Å²) >= 11 is 0. The molecule has 0 unspecified atom stereocenters. The van der Waals surface area contributed by atoms with Crippen LogP contribution in [0.3, 0.4) is 0 Å². The van der Waals surface area contributed by atoms with Gasteiger partial charge in [-0.25, -0.2) is 4.98 Å². The minimum atomic E-state index is 0.879. The number of nitrogens with one attached hydrogen (secondary N) is 1. The molecule has 1 N–H and O–H groups in total. The van der Waals surface area contributed by atoms with Gasteiger partial charge in [-0.3, -0.25) is 4.68 Å². The Morgan fingerprint density at radius 3 is 2.94 bits per heavy atom. The van der Waals surface area contributed by atoms with Crippen molar-refractivity contribution in [2.45, 2.75) is 39.8 Å². The van der Waals surface area contributed by atoms with Crippen LogP contribution < -0.4 is 5.32 Å². The van der Waals surface area contributed by atoms with E-state index in [9.17, 15) is 0 Å². The van der Waals surface area contributed by atoms with E-state index in [0.29, 0.717) is 0 Å². The normalized spacial score (nSPS) is 10.8. The van der Waals surface area contributed by atoms with E-state index in [1.165, 1.54) is 0 Å². The zero-order valence-electron chi connectivity index (χ0n) is 11.0. The molecule has 2 aromatic rings. The molecule has 0 spiro atoms. The van der Waals surface area contributed by atoms with Gasteiger partial charge in [0.25, 0.3) is 0 Å². The first-order chi connectivity index (χ1) is 8.79. The largest absolute Gasteiger partial charge is 0.356 e. The van der Waals surface area contributed by atoms with Crippen LogP contribution in [-0.2, 0) is 13.1 Å². The molecule has 0 saturated carbocycles. The summed E-state index contributed by atoms with van der Waals surface area (Å²) in [7, 11) is 0. The molecule has 6 heteroatoms. The van der Waals surface area contributed by atoms with Crippen molar-refractivity contribution in [3.63, 3.8) is 0 Å². The van der Waals surface area contributed by atoms with E-state index in [4.69, 9.17) is 0 Å². The van der Waals surface area contributed by atoms with Gasteiger partial charge in [0.1, 0.15) is 0 Å². The Bertz CT molecular complexity index is 459. The van der Waals surface area contributed by atoms with E-state index in [1.54, 1.807) is 6.20 Å². The highest BCUT2D eigenvalue weighted by molar-refractivity contribution is 5.28. The van der Waals surface area contributed by atoms with Crippen LogP contribution in [0.15, 0.2) is 18.6 Å². The summed E-state index contributed by atoms with van der Waals surface area (Å²) in [4.78, 5) is 4.48. The summed E-state index contributed by atoms with van der Waals surface area (Å²) in [6.07, 6.45) is 7.79. The van der Waals surface area contributed by atoms with Crippen molar-refractivity contribution in [3.8, 4) is 0 Å². The molecule has 0 bridgehead atoms. The predicted octanol–water partition coefficient (Wildman–Crippen LogP) is 1.70. The molecule has 2 heterocycles. The third-order valence-corrected chi connectivity index (χ3v) is 2.69. The van der Waals surface area contributed by atoms with Crippen LogP contribution in [0.4, 0.5) is 5.95 Å². The second kappa shape index (κ2) is 6.18. The highest BCUT2D eigenvalue weighted by Gasteiger charge is 2.04. The van der Waals surface area contributed by atoms with Gasteiger partial charge in [-0.15, -0.1) is 5.10 Å². The molecule has 0 fully saturated rings. The van der Waals surface area contributed by atoms with E-state index in [2.05, 4.69) is 38.3 Å². The van der Waals surface area contributed by atoms with Crippen LogP contribution in [0.25, 0.3) is 0 Å². The van der Waals surface area contributed by atoms with Crippen molar-refractivity contribution in [1.82, 2.24) is 24.5 Å². The van der Waals surface area contributed by atoms with Crippen LogP contribution >= 0.6 is 0 Å². The van der Waals surface area contributed by atoms with Crippen molar-refractivity contribution in [2.24, 2.45) is 0 Å². The van der Waals surface area contributed by atoms with Gasteiger partial charge in [-0.1, -0.05) is 12.1 Å². The Kier molecular flexibility index (Phi) is 4.33. The lowest BCUT2D eigenvalue weighted by Gasteiger charge is -2.08. The fourth-order valence-corrected chi connectivity index (χ4v) is 1.85. The zero-order valence-corrected chi connectivity index (χ0v) is 11.0. The van der Waals surface area contributed by atoms with Crippen LogP contribution in [0.5, 0.6) is 0 Å². The van der Waals surface area contributed by atoms with Gasteiger partial charge in [-0.05, 0) is 19.8 Å². The summed E-state index contributed by atoms with van der Waals surface area (Å²) in [6.45, 7) is 6.94. The smallest absolute Gasteiger partial charge is 0.203 e. The maximum atomic E-state index is 4.48. The number of hydrogen-bond donors (Lipinski definition) is 1. The highest BCUT2D eigenvalue weighted by atomic mass is 15.4. The van der Waals surface area contributed by atoms with E-state index in [0.717, 1.165) is 44.1 Å². The van der Waals surface area contributed by atoms with Crippen LogP contribution in [0.2, 0.25) is 0 Å². The number of aromatic nitrogens is 5. The van der Waals surface area contributed by atoms with Gasteiger partial charge < -0.3 is 9.88 Å². The van der Waals surface area contributed by atoms with Crippen molar-refractivity contribution >= 4 is 5.95 Å². The lowest BCUT2D eigenvalue weighted by molar-refractivity contribution is 0.516. The monoisotopic (exact) mass is 248 g/mol. The molecular formula is C12H20N6. The summed E-state index contributed by atoms with van der Waals surface area (Å²) in [5.74, 6) is 0.966. The van der Waals surface area contributed by atoms with Crippen LogP contribution in [-0.4, -0.2) is 31.1 Å². The molecule has 2 rings (SSSR count). The number of aryl methyl sites for hydroxylation is 3. The second-order valence-electron chi connectivity index (χ2n) is 4.35. The number of hydrogen-bond acceptors (Lipinski definition) is 4. The van der Waals surface area contributed by atoms with E-state index >= 15 is 0 Å². The molecule has 0 aromatic carbocycles. The van der Waals surface area contributed by atoms with Crippen molar-refractivity contribution in [3.05, 3.63) is 24.3 Å². The maximum Gasteiger partial charge on any atom is 0.203 e. The Hall–Kier alpha value is -1.85. The molecule has 2 aromatic heterocycles. The third-order valence-electron chi connectivity index (χ3n) is 2.69. The van der Waals surface area contributed by atoms with Gasteiger partial charge in [0.2, 0.25) is 5.95 Å². The first kappa shape index (κ1) is 12.6. The molecule has 0 aliphatic rings. The molecule has 0 aliphatic carbocycles. The lowest BCUT2D eigenvalue weighted by Crippen LogP contribution is -2.10. The van der Waals surface area contributed by atoms with Gasteiger partial charge in [0, 0.05) is 32.0 Å². The first-order valence-corrected chi connectivity index (χ1v) is 6.41. The van der Waals surface area contributed by atoms with Gasteiger partial charge in [0.05, 0.1) is 11.9 Å². The fourth-order valence-electron chi connectivity index (χ4n) is 1.85. The number of anilines is 1. The van der Waals surface area contributed by atoms with Gasteiger partial charge in [0.15, 0.2) is 0 Å². The molecule has 0 aliphatic heterocycles. The molecule has 0 radical (unpaired) electrons. The Morgan fingerprint density at radius 1 is 1.33 bits per heavy atom. The summed E-state index contributed by atoms with van der Waals surface area (Å²) in [5.41, 5.74) is 1.05. The molecule has 6 nitrogen and oxygen atoms in total. The molecule has 0 amide bonds. The molecule has 18 heavy (non-hydrogen) atoms. The Morgan fingerprint density at radius 2 is 2.22 bits per heavy atom. The maximum absolute atomic E-state index is 4.48. The van der Waals surface area contributed by atoms with Crippen LogP contribution in [0, 0.1) is 6.92 Å². The summed E-state index contributed by atoms with van der Waals surface area (Å²) < 4.78 is 4.02. The Labute approximate surface area is 107 Å². The van der Waals surface area contributed by atoms with Crippen molar-refractivity contribution in [1.29, 1.82) is 0 Å². The van der Waals surface area contributed by atoms with E-state index < -0.39 is 0 Å². The van der Waals surface area contributed by atoms with E-state index in [1.807, 2.05) is 17.8 Å². The molecular weight excluding hydrogens is 228 g/mol. The quantitative estimate of drug-likeness (QED) is 0.810. The van der Waals surface area contributed by atoms with Crippen molar-refractivity contribution in [2.75, 3.05) is 11.9 Å². The SMILES string of the molecule is CCCNc1nc(C)cn1CCCn1ccnn1. The average Bonchev–Trinajstić information content (AvgIpc) is 2.97. The minimum absolute atomic E-state index is 0.879. The van der Waals surface area contributed by atoms with Gasteiger partial charge >= 0.3 is 0 Å². The number of imidazole rings is 1. The molecule has 98 valence electrons. The fraction of sp³-hybridized carbons (Fsp3) is 0.583. The minimum Gasteiger partial charge on any atom is -0.356 e. The molecule has 0 atom stereocenters. The third kappa shape index (κ3) is 3.32. The first-order valence-electron chi connectivity index (χ1n) is 6.41. The number of rotatable bonds is 7. The highest BCUT2D eigenvalue weighted by Crippen LogP contribution is 2.09. The second-order valence-corrected chi connectivity index (χ2v) is 4.35. The van der Waals surface area contributed by atoms with Gasteiger partial charge in [-0.2, -0.15) is 0 Å². The summed E-state index contributed by atoms with van der Waals surface area (Å²) in [5, 5.41) is 11.1. The van der Waals surface area contributed by atoms with Crippen LogP contribution in [0.1, 0.15) is 25.5 Å². The zero-order chi connectivity index (χ0) is 12.8. The van der Waals surface area contributed by atoms with E-state index in [-0.39, 0.29) is 0 Å². The standard InChI is InChI=1S/C12H20N6/c1-3-5-13-12-15-11(2)10-17(12)7-4-8-18-9-6-14-16-18/h6,9-10H,3-5,7-8H2,1-2H3,(H,13,15). The Balaban J connectivity index is 1.87. The predicted molar refractivity (Wildman–Crippen MR) is 70.4 cm³/mol. The number of nitrogens with zero attached hydrogens (tertiary/aromatic N) is 5. The lowest BCUT2D eigenvalue weighted by atomic mass is 10.4.